The molecule has 8 nitrogen and oxygen atoms in total. The molecule has 33 heavy (non-hydrogen) atoms. The fraction of sp³-hybridized carbons (Fsp3) is 0.400. The van der Waals surface area contributed by atoms with Gasteiger partial charge in [0, 0.05) is 37.0 Å². The van der Waals surface area contributed by atoms with Crippen LogP contribution in [0.15, 0.2) is 41.5 Å². The molecule has 3 aromatic heterocycles. The first-order chi connectivity index (χ1) is 16.0. The Kier molecular flexibility index (Phi) is 5.54. The van der Waals surface area contributed by atoms with E-state index < -0.39 is 0 Å². The van der Waals surface area contributed by atoms with Crippen molar-refractivity contribution in [3.8, 4) is 22.8 Å². The number of imidazole rings is 1. The predicted molar refractivity (Wildman–Crippen MR) is 129 cm³/mol. The molecule has 0 fully saturated rings. The molecule has 0 saturated carbocycles. The molecule has 172 valence electrons. The number of rotatable bonds is 7. The number of hydrogen-bond donors (Lipinski definition) is 0. The third-order valence-corrected chi connectivity index (χ3v) is 6.34. The average molecular weight is 448 g/mol. The van der Waals surface area contributed by atoms with Crippen LogP contribution in [0.2, 0.25) is 0 Å². The fourth-order valence-electron chi connectivity index (χ4n) is 4.53. The van der Waals surface area contributed by atoms with Gasteiger partial charge >= 0.3 is 5.69 Å². The fourth-order valence-corrected chi connectivity index (χ4v) is 4.53. The van der Waals surface area contributed by atoms with Crippen molar-refractivity contribution in [1.82, 2.24) is 24.0 Å². The van der Waals surface area contributed by atoms with Gasteiger partial charge in [-0.3, -0.25) is 14.1 Å². The van der Waals surface area contributed by atoms with E-state index in [0.29, 0.717) is 19.1 Å². The molecule has 0 aliphatic carbocycles. The van der Waals surface area contributed by atoms with E-state index in [2.05, 4.69) is 21.8 Å². The molecule has 4 aromatic rings. The molecular weight excluding hydrogens is 418 g/mol. The van der Waals surface area contributed by atoms with Crippen molar-refractivity contribution in [2.24, 2.45) is 7.05 Å². The third kappa shape index (κ3) is 3.64. The van der Waals surface area contributed by atoms with Gasteiger partial charge in [0.15, 0.2) is 0 Å². The molecule has 0 radical (unpaired) electrons. The summed E-state index contributed by atoms with van der Waals surface area (Å²) in [5.74, 6) is 1.36. The monoisotopic (exact) mass is 447 g/mol. The van der Waals surface area contributed by atoms with Crippen molar-refractivity contribution >= 4 is 21.9 Å². The molecule has 8 heteroatoms. The van der Waals surface area contributed by atoms with Crippen LogP contribution in [0.4, 0.5) is 0 Å². The SMILES string of the molecule is CCC1COc2c(-c3ccc(OCCCN(C)C)nc3)ccc3ncc4c(c23)n1c(=O)n4C. The molecule has 5 rings (SSSR count). The van der Waals surface area contributed by atoms with Gasteiger partial charge < -0.3 is 14.4 Å². The zero-order chi connectivity index (χ0) is 23.1. The van der Waals surface area contributed by atoms with E-state index in [9.17, 15) is 4.79 Å². The zero-order valence-corrected chi connectivity index (χ0v) is 19.5. The number of ether oxygens (including phenoxy) is 2. The van der Waals surface area contributed by atoms with Gasteiger partial charge in [-0.25, -0.2) is 9.78 Å². The minimum Gasteiger partial charge on any atom is -0.490 e. The van der Waals surface area contributed by atoms with Crippen molar-refractivity contribution in [2.45, 2.75) is 25.8 Å². The summed E-state index contributed by atoms with van der Waals surface area (Å²) in [4.78, 5) is 24.3. The first kappa shape index (κ1) is 21.5. The lowest BCUT2D eigenvalue weighted by Crippen LogP contribution is -2.28. The van der Waals surface area contributed by atoms with Crippen molar-refractivity contribution in [3.05, 3.63) is 47.1 Å². The van der Waals surface area contributed by atoms with E-state index in [-0.39, 0.29) is 11.7 Å². The highest BCUT2D eigenvalue weighted by Gasteiger charge is 2.27. The predicted octanol–water partition coefficient (Wildman–Crippen LogP) is 3.62. The van der Waals surface area contributed by atoms with Gasteiger partial charge in [-0.15, -0.1) is 0 Å². The number of hydrogen-bond acceptors (Lipinski definition) is 6. The summed E-state index contributed by atoms with van der Waals surface area (Å²) < 4.78 is 15.7. The Bertz CT molecular complexity index is 1370. The molecule has 1 atom stereocenters. The van der Waals surface area contributed by atoms with Crippen LogP contribution >= 0.6 is 0 Å². The van der Waals surface area contributed by atoms with E-state index in [4.69, 9.17) is 9.47 Å². The number of aromatic nitrogens is 4. The molecule has 0 bridgehead atoms. The molecule has 4 heterocycles. The van der Waals surface area contributed by atoms with E-state index >= 15 is 0 Å². The summed E-state index contributed by atoms with van der Waals surface area (Å²) in [6.45, 7) is 4.11. The smallest absolute Gasteiger partial charge is 0.329 e. The van der Waals surface area contributed by atoms with Crippen LogP contribution < -0.4 is 15.2 Å². The van der Waals surface area contributed by atoms with Crippen molar-refractivity contribution < 1.29 is 9.47 Å². The molecular formula is C25H29N5O3. The molecule has 0 N–H and O–H groups in total. The minimum absolute atomic E-state index is 0.0366. The lowest BCUT2D eigenvalue weighted by atomic mass is 10.0. The van der Waals surface area contributed by atoms with Crippen molar-refractivity contribution in [3.63, 3.8) is 0 Å². The molecule has 1 aromatic carbocycles. The molecule has 0 amide bonds. The lowest BCUT2D eigenvalue weighted by molar-refractivity contribution is 0.252. The van der Waals surface area contributed by atoms with Crippen molar-refractivity contribution in [2.75, 3.05) is 33.9 Å². The molecule has 0 spiro atoms. The minimum atomic E-state index is -0.0388. The van der Waals surface area contributed by atoms with E-state index in [1.54, 1.807) is 17.8 Å². The summed E-state index contributed by atoms with van der Waals surface area (Å²) in [7, 11) is 5.90. The van der Waals surface area contributed by atoms with Crippen LogP contribution in [0.5, 0.6) is 11.6 Å². The topological polar surface area (TPSA) is 74.4 Å². The number of pyridine rings is 2. The Hall–Kier alpha value is -3.39. The van der Waals surface area contributed by atoms with Crippen LogP contribution in [0, 0.1) is 0 Å². The van der Waals surface area contributed by atoms with E-state index in [1.165, 1.54) is 0 Å². The first-order valence-corrected chi connectivity index (χ1v) is 11.4. The van der Waals surface area contributed by atoms with Crippen molar-refractivity contribution in [1.29, 1.82) is 0 Å². The molecule has 1 unspecified atom stereocenters. The maximum atomic E-state index is 13.1. The zero-order valence-electron chi connectivity index (χ0n) is 19.5. The number of benzene rings is 1. The first-order valence-electron chi connectivity index (χ1n) is 11.4. The van der Waals surface area contributed by atoms with Gasteiger partial charge in [0.2, 0.25) is 5.88 Å². The maximum absolute atomic E-state index is 13.1. The Morgan fingerprint density at radius 3 is 2.76 bits per heavy atom. The summed E-state index contributed by atoms with van der Waals surface area (Å²) in [6, 6.07) is 7.86. The highest BCUT2D eigenvalue weighted by atomic mass is 16.5. The third-order valence-electron chi connectivity index (χ3n) is 6.34. The van der Waals surface area contributed by atoms with Gasteiger partial charge in [-0.2, -0.15) is 0 Å². The van der Waals surface area contributed by atoms with Crippen LogP contribution in [-0.2, 0) is 7.05 Å². The Balaban J connectivity index is 1.58. The summed E-state index contributed by atoms with van der Waals surface area (Å²) >= 11 is 0. The van der Waals surface area contributed by atoms with Crippen LogP contribution in [0.25, 0.3) is 33.1 Å². The normalized spacial score (nSPS) is 15.4. The van der Waals surface area contributed by atoms with Crippen LogP contribution in [-0.4, -0.2) is 57.9 Å². The Morgan fingerprint density at radius 1 is 1.18 bits per heavy atom. The highest BCUT2D eigenvalue weighted by Crippen LogP contribution is 2.42. The van der Waals surface area contributed by atoms with Gasteiger partial charge in [0.1, 0.15) is 12.4 Å². The average Bonchev–Trinajstić information content (AvgIpc) is 2.96. The number of nitrogens with zero attached hydrogens (tertiary/aromatic N) is 5. The molecule has 1 aliphatic rings. The van der Waals surface area contributed by atoms with Gasteiger partial charge in [-0.1, -0.05) is 6.92 Å². The quantitative estimate of drug-likeness (QED) is 0.403. The second kappa shape index (κ2) is 8.51. The Labute approximate surface area is 192 Å². The Morgan fingerprint density at radius 2 is 2.03 bits per heavy atom. The maximum Gasteiger partial charge on any atom is 0.329 e. The summed E-state index contributed by atoms with van der Waals surface area (Å²) in [5, 5.41) is 0.877. The van der Waals surface area contributed by atoms with E-state index in [0.717, 1.165) is 58.2 Å². The summed E-state index contributed by atoms with van der Waals surface area (Å²) in [5.41, 5.74) is 4.35. The molecule has 1 aliphatic heterocycles. The lowest BCUT2D eigenvalue weighted by Gasteiger charge is -2.16. The number of aryl methyl sites for hydroxylation is 1. The van der Waals surface area contributed by atoms with Crippen LogP contribution in [0.3, 0.4) is 0 Å². The molecule has 0 saturated heterocycles. The highest BCUT2D eigenvalue weighted by molar-refractivity contribution is 6.09. The second-order valence-electron chi connectivity index (χ2n) is 8.80. The largest absolute Gasteiger partial charge is 0.490 e. The van der Waals surface area contributed by atoms with Gasteiger partial charge in [0.25, 0.3) is 0 Å². The van der Waals surface area contributed by atoms with Gasteiger partial charge in [0.05, 0.1) is 40.8 Å². The van der Waals surface area contributed by atoms with Crippen LogP contribution in [0.1, 0.15) is 25.8 Å². The van der Waals surface area contributed by atoms with Gasteiger partial charge in [-0.05, 0) is 45.1 Å². The van der Waals surface area contributed by atoms with E-state index in [1.807, 2.05) is 49.1 Å². The standard InChI is InChI=1S/C25H29N5O3/c1-5-17-15-33-24-18(16-7-10-21(27-13-16)32-12-6-11-28(2)3)8-9-19-22(24)23-20(14-26-19)29(4)25(31)30(17)23/h7-10,13-14,17H,5-6,11-12,15H2,1-4H3. The second-order valence-corrected chi connectivity index (χ2v) is 8.80. The summed E-state index contributed by atoms with van der Waals surface area (Å²) in [6.07, 6.45) is 5.34.